The number of aliphatic hydroxyl groups excluding tert-OH is 1. The van der Waals surface area contributed by atoms with E-state index in [0.717, 1.165) is 6.16 Å². The highest BCUT2D eigenvalue weighted by Crippen LogP contribution is 2.57. The third kappa shape index (κ3) is 5.50. The lowest BCUT2D eigenvalue weighted by atomic mass is 10.9. The Bertz CT molecular complexity index is 76.3. The van der Waals surface area contributed by atoms with Crippen molar-refractivity contribution in [1.82, 2.24) is 0 Å². The van der Waals surface area contributed by atoms with Crippen LogP contribution < -0.4 is 0 Å². The molecule has 0 atom stereocenters. The molecule has 0 aliphatic carbocycles. The average Bonchev–Trinajstić information content (AvgIpc) is 2.18. The Morgan fingerprint density at radius 1 is 1.00 bits per heavy atom. The fourth-order valence-corrected chi connectivity index (χ4v) is 4.07. The van der Waals surface area contributed by atoms with Gasteiger partial charge < -0.3 is 5.11 Å². The minimum Gasteiger partial charge on any atom is -0.393 e. The highest BCUT2D eigenvalue weighted by atomic mass is 79.9. The van der Waals surface area contributed by atoms with Crippen LogP contribution in [-0.2, 0) is 0 Å². The van der Waals surface area contributed by atoms with Gasteiger partial charge in [0, 0.05) is 7.26 Å². The predicted molar refractivity (Wildman–Crippen MR) is 65.3 cm³/mol. The van der Waals surface area contributed by atoms with Crippen molar-refractivity contribution in [2.24, 2.45) is 0 Å². The third-order valence-electron chi connectivity index (χ3n) is 2.59. The van der Waals surface area contributed by atoms with Crippen molar-refractivity contribution in [3.8, 4) is 0 Å². The SMILES string of the molecule is CBr.CC[P+](CC)(CC)CCO. The van der Waals surface area contributed by atoms with Gasteiger partial charge in [-0.05, 0) is 26.6 Å². The molecule has 0 fully saturated rings. The van der Waals surface area contributed by atoms with Crippen LogP contribution in [0.15, 0.2) is 0 Å². The van der Waals surface area contributed by atoms with Gasteiger partial charge in [0.2, 0.25) is 0 Å². The normalized spacial score (nSPS) is 10.5. The number of hydrogen-bond donors (Lipinski definition) is 1. The second kappa shape index (κ2) is 9.95. The van der Waals surface area contributed by atoms with E-state index in [4.69, 9.17) is 5.11 Å². The highest BCUT2D eigenvalue weighted by molar-refractivity contribution is 9.08. The zero-order valence-corrected chi connectivity index (χ0v) is 11.3. The van der Waals surface area contributed by atoms with Crippen LogP contribution in [0.5, 0.6) is 0 Å². The minimum atomic E-state index is -0.689. The molecule has 0 bridgehead atoms. The molecule has 0 aliphatic heterocycles. The summed E-state index contributed by atoms with van der Waals surface area (Å²) in [5.74, 6) is 1.81. The average molecular weight is 258 g/mol. The summed E-state index contributed by atoms with van der Waals surface area (Å²) >= 11 is 2.94. The van der Waals surface area contributed by atoms with E-state index in [1.807, 2.05) is 5.83 Å². The number of alkyl halides is 1. The highest BCUT2D eigenvalue weighted by Gasteiger charge is 2.29. The summed E-state index contributed by atoms with van der Waals surface area (Å²) in [6.45, 7) is 7.17. The molecule has 0 saturated heterocycles. The van der Waals surface area contributed by atoms with E-state index in [1.165, 1.54) is 18.5 Å². The number of halogens is 1. The lowest BCUT2D eigenvalue weighted by molar-refractivity contribution is 0.321. The molecule has 0 amide bonds. The summed E-state index contributed by atoms with van der Waals surface area (Å²) in [5.41, 5.74) is 0. The van der Waals surface area contributed by atoms with Gasteiger partial charge in [-0.2, -0.15) is 0 Å². The molecular formula is C9H23BrOP+. The number of aliphatic hydroxyl groups is 1. The summed E-state index contributed by atoms with van der Waals surface area (Å²) in [6.07, 6.45) is 5.00. The van der Waals surface area contributed by atoms with Gasteiger partial charge in [-0.15, -0.1) is 0 Å². The van der Waals surface area contributed by atoms with Crippen molar-refractivity contribution >= 4 is 23.2 Å². The van der Waals surface area contributed by atoms with Crippen LogP contribution in [0, 0.1) is 0 Å². The molecule has 0 rings (SSSR count). The molecule has 0 radical (unpaired) electrons. The van der Waals surface area contributed by atoms with Crippen LogP contribution in [0.2, 0.25) is 0 Å². The monoisotopic (exact) mass is 257 g/mol. The zero-order valence-electron chi connectivity index (χ0n) is 8.81. The largest absolute Gasteiger partial charge is 0.393 e. The molecule has 0 spiro atoms. The van der Waals surface area contributed by atoms with E-state index in [1.54, 1.807) is 0 Å². The Morgan fingerprint density at radius 2 is 1.33 bits per heavy atom. The summed E-state index contributed by atoms with van der Waals surface area (Å²) in [4.78, 5) is 0. The molecule has 0 heterocycles. The van der Waals surface area contributed by atoms with Gasteiger partial charge in [-0.1, -0.05) is 15.9 Å². The van der Waals surface area contributed by atoms with Crippen molar-refractivity contribution in [3.63, 3.8) is 0 Å². The predicted octanol–water partition coefficient (Wildman–Crippen LogP) is 3.07. The first kappa shape index (κ1) is 15.3. The second-order valence-corrected chi connectivity index (χ2v) is 7.77. The van der Waals surface area contributed by atoms with E-state index in [2.05, 4.69) is 36.7 Å². The fraction of sp³-hybridized carbons (Fsp3) is 1.00. The van der Waals surface area contributed by atoms with Crippen LogP contribution in [0.25, 0.3) is 0 Å². The maximum atomic E-state index is 8.82. The molecule has 12 heavy (non-hydrogen) atoms. The Morgan fingerprint density at radius 3 is 1.42 bits per heavy atom. The van der Waals surface area contributed by atoms with Gasteiger partial charge in [-0.3, -0.25) is 0 Å². The van der Waals surface area contributed by atoms with Gasteiger partial charge >= 0.3 is 0 Å². The molecule has 76 valence electrons. The van der Waals surface area contributed by atoms with Gasteiger partial charge in [0.1, 0.15) is 0 Å². The molecule has 3 heteroatoms. The van der Waals surface area contributed by atoms with E-state index >= 15 is 0 Å². The van der Waals surface area contributed by atoms with Crippen LogP contribution in [0.3, 0.4) is 0 Å². The first-order chi connectivity index (χ1) is 5.74. The lowest BCUT2D eigenvalue weighted by Crippen LogP contribution is -2.09. The molecule has 0 aromatic rings. The maximum absolute atomic E-state index is 8.82. The van der Waals surface area contributed by atoms with Crippen LogP contribution in [0.4, 0.5) is 0 Å². The summed E-state index contributed by atoms with van der Waals surface area (Å²) in [6, 6.07) is 0. The topological polar surface area (TPSA) is 20.2 Å². The van der Waals surface area contributed by atoms with Crippen molar-refractivity contribution in [2.45, 2.75) is 20.8 Å². The summed E-state index contributed by atoms with van der Waals surface area (Å²) < 4.78 is 0. The smallest absolute Gasteiger partial charge is 0.0825 e. The van der Waals surface area contributed by atoms with Crippen molar-refractivity contribution in [3.05, 3.63) is 0 Å². The minimum absolute atomic E-state index is 0.392. The Hall–Kier alpha value is 0.870. The molecule has 0 saturated carbocycles. The van der Waals surface area contributed by atoms with Crippen molar-refractivity contribution in [2.75, 3.05) is 37.1 Å². The third-order valence-corrected chi connectivity index (χ3v) is 7.76. The molecule has 0 aromatic carbocycles. The van der Waals surface area contributed by atoms with Crippen LogP contribution in [0.1, 0.15) is 20.8 Å². The molecule has 0 aliphatic rings. The summed E-state index contributed by atoms with van der Waals surface area (Å²) in [7, 11) is -0.689. The number of rotatable bonds is 5. The lowest BCUT2D eigenvalue weighted by Gasteiger charge is -2.22. The van der Waals surface area contributed by atoms with Gasteiger partial charge in [0.15, 0.2) is 0 Å². The second-order valence-electron chi connectivity index (χ2n) is 2.74. The fourth-order valence-electron chi connectivity index (χ4n) is 1.36. The van der Waals surface area contributed by atoms with E-state index in [-0.39, 0.29) is 0 Å². The Balaban J connectivity index is 0. The molecule has 0 unspecified atom stereocenters. The zero-order chi connectivity index (χ0) is 10.0. The first-order valence-electron chi connectivity index (χ1n) is 4.58. The molecule has 1 nitrogen and oxygen atoms in total. The standard InChI is InChI=1S/C8H20OP.CH3Br/c1-4-10(5-2,6-3)8-7-9;1-2/h9H,4-8H2,1-3H3;1H3/q+1;. The van der Waals surface area contributed by atoms with Crippen molar-refractivity contribution < 1.29 is 5.11 Å². The van der Waals surface area contributed by atoms with Gasteiger partial charge in [0.25, 0.3) is 0 Å². The Kier molecular flexibility index (Phi) is 12.7. The van der Waals surface area contributed by atoms with E-state index in [9.17, 15) is 0 Å². The summed E-state index contributed by atoms with van der Waals surface area (Å²) in [5, 5.41) is 8.82. The first-order valence-corrected chi connectivity index (χ1v) is 8.70. The maximum Gasteiger partial charge on any atom is 0.0825 e. The van der Waals surface area contributed by atoms with E-state index in [0.29, 0.717) is 6.61 Å². The quantitative estimate of drug-likeness (QED) is 0.593. The van der Waals surface area contributed by atoms with Crippen LogP contribution >= 0.6 is 23.2 Å². The molecule has 1 N–H and O–H groups in total. The van der Waals surface area contributed by atoms with Gasteiger partial charge in [-0.25, -0.2) is 0 Å². The van der Waals surface area contributed by atoms with Crippen LogP contribution in [-0.4, -0.2) is 42.2 Å². The molecular weight excluding hydrogens is 235 g/mol. The number of hydrogen-bond acceptors (Lipinski definition) is 1. The molecule has 0 aromatic heterocycles. The van der Waals surface area contributed by atoms with E-state index < -0.39 is 7.26 Å². The van der Waals surface area contributed by atoms with Gasteiger partial charge in [0.05, 0.1) is 31.3 Å². The Labute approximate surface area is 86.4 Å². The van der Waals surface area contributed by atoms with Crippen molar-refractivity contribution in [1.29, 1.82) is 0 Å².